The van der Waals surface area contributed by atoms with Crippen LogP contribution in [0.4, 0.5) is 5.82 Å². The molecule has 0 saturated heterocycles. The summed E-state index contributed by atoms with van der Waals surface area (Å²) in [6.07, 6.45) is 1.69. The lowest BCUT2D eigenvalue weighted by atomic mass is 10.1. The Hall–Kier alpha value is -2.66. The van der Waals surface area contributed by atoms with Crippen molar-refractivity contribution in [2.45, 2.75) is 20.4 Å². The Morgan fingerprint density at radius 2 is 1.88 bits per heavy atom. The van der Waals surface area contributed by atoms with Crippen molar-refractivity contribution >= 4 is 23.1 Å². The molecule has 0 atom stereocenters. The Morgan fingerprint density at radius 1 is 1.08 bits per heavy atom. The number of pyridine rings is 1. The third-order valence-corrected chi connectivity index (χ3v) is 4.73. The van der Waals surface area contributed by atoms with Crippen LogP contribution in [0.3, 0.4) is 0 Å². The number of para-hydroxylation sites is 1. The molecule has 3 rings (SSSR count). The van der Waals surface area contributed by atoms with Crippen molar-refractivity contribution in [1.29, 1.82) is 0 Å². The summed E-state index contributed by atoms with van der Waals surface area (Å²) in [7, 11) is 0. The Labute approximate surface area is 151 Å². The number of thiophene rings is 1. The van der Waals surface area contributed by atoms with Gasteiger partial charge < -0.3 is 4.74 Å². The molecule has 0 bridgehead atoms. The zero-order valence-electron chi connectivity index (χ0n) is 14.3. The number of carbonyl (C=O) groups is 1. The van der Waals surface area contributed by atoms with Gasteiger partial charge in [-0.1, -0.05) is 30.3 Å². The van der Waals surface area contributed by atoms with Crippen molar-refractivity contribution in [1.82, 2.24) is 4.98 Å². The number of carbonyl (C=O) groups excluding carboxylic acids is 1. The average molecular weight is 352 g/mol. The minimum Gasteiger partial charge on any atom is -0.483 e. The number of nitrogens with zero attached hydrogens (tertiary/aromatic N) is 2. The van der Waals surface area contributed by atoms with Crippen LogP contribution in [-0.2, 0) is 11.3 Å². The van der Waals surface area contributed by atoms with E-state index in [0.717, 1.165) is 21.8 Å². The number of rotatable bonds is 6. The molecule has 2 aromatic heterocycles. The maximum absolute atomic E-state index is 12.8. The van der Waals surface area contributed by atoms with E-state index in [-0.39, 0.29) is 12.5 Å². The highest BCUT2D eigenvalue weighted by Crippen LogP contribution is 2.23. The molecular formula is C20H20N2O2S. The number of amides is 1. The van der Waals surface area contributed by atoms with Crippen LogP contribution in [0.2, 0.25) is 0 Å². The second-order valence-corrected chi connectivity index (χ2v) is 6.79. The number of hydrogen-bond donors (Lipinski definition) is 0. The Morgan fingerprint density at radius 3 is 2.52 bits per heavy atom. The molecule has 2 heterocycles. The first-order chi connectivity index (χ1) is 12.1. The van der Waals surface area contributed by atoms with E-state index in [9.17, 15) is 4.79 Å². The van der Waals surface area contributed by atoms with Gasteiger partial charge in [-0.2, -0.15) is 0 Å². The molecule has 0 saturated carbocycles. The molecule has 0 N–H and O–H groups in total. The maximum atomic E-state index is 12.8. The van der Waals surface area contributed by atoms with Gasteiger partial charge in [0.05, 0.1) is 6.54 Å². The lowest BCUT2D eigenvalue weighted by Gasteiger charge is -2.22. The Kier molecular flexibility index (Phi) is 5.46. The van der Waals surface area contributed by atoms with Crippen LogP contribution >= 0.6 is 11.3 Å². The second-order valence-electron chi connectivity index (χ2n) is 5.76. The first-order valence-electron chi connectivity index (χ1n) is 8.08. The van der Waals surface area contributed by atoms with Gasteiger partial charge in [-0.15, -0.1) is 11.3 Å². The molecule has 4 nitrogen and oxygen atoms in total. The molecule has 0 spiro atoms. The molecule has 1 aromatic carbocycles. The van der Waals surface area contributed by atoms with Crippen LogP contribution in [0.25, 0.3) is 0 Å². The third-order valence-electron chi connectivity index (χ3n) is 3.87. The van der Waals surface area contributed by atoms with E-state index < -0.39 is 0 Å². The highest BCUT2D eigenvalue weighted by atomic mass is 32.1. The summed E-state index contributed by atoms with van der Waals surface area (Å²) < 4.78 is 5.84. The molecule has 0 aliphatic rings. The fourth-order valence-corrected chi connectivity index (χ4v) is 3.30. The molecule has 0 aliphatic carbocycles. The average Bonchev–Trinajstić information content (AvgIpc) is 3.13. The Bertz CT molecular complexity index is 812. The maximum Gasteiger partial charge on any atom is 0.266 e. The zero-order chi connectivity index (χ0) is 17.6. The van der Waals surface area contributed by atoms with Crippen molar-refractivity contribution in [2.75, 3.05) is 11.5 Å². The van der Waals surface area contributed by atoms with Gasteiger partial charge in [0.1, 0.15) is 11.6 Å². The van der Waals surface area contributed by atoms with Crippen molar-refractivity contribution in [2.24, 2.45) is 0 Å². The first kappa shape index (κ1) is 17.2. The van der Waals surface area contributed by atoms with E-state index in [0.29, 0.717) is 12.4 Å². The molecule has 0 aliphatic heterocycles. The summed E-state index contributed by atoms with van der Waals surface area (Å²) >= 11 is 1.62. The fourth-order valence-electron chi connectivity index (χ4n) is 2.61. The van der Waals surface area contributed by atoms with E-state index in [1.54, 1.807) is 22.4 Å². The molecule has 0 unspecified atom stereocenters. The minimum absolute atomic E-state index is 0.0202. The van der Waals surface area contributed by atoms with E-state index in [1.165, 1.54) is 0 Å². The number of benzene rings is 1. The quantitative estimate of drug-likeness (QED) is 0.661. The van der Waals surface area contributed by atoms with Gasteiger partial charge in [0.15, 0.2) is 6.61 Å². The van der Waals surface area contributed by atoms with Gasteiger partial charge >= 0.3 is 0 Å². The van der Waals surface area contributed by atoms with Crippen LogP contribution < -0.4 is 9.64 Å². The summed E-state index contributed by atoms with van der Waals surface area (Å²) in [5.74, 6) is 1.29. The molecular weight excluding hydrogens is 332 g/mol. The van der Waals surface area contributed by atoms with Gasteiger partial charge in [0, 0.05) is 11.1 Å². The number of aryl methyl sites for hydroxylation is 2. The van der Waals surface area contributed by atoms with Gasteiger partial charge in [0.25, 0.3) is 5.91 Å². The lowest BCUT2D eigenvalue weighted by molar-refractivity contribution is -0.120. The van der Waals surface area contributed by atoms with Gasteiger partial charge in [0.2, 0.25) is 0 Å². The molecule has 5 heteroatoms. The highest BCUT2D eigenvalue weighted by molar-refractivity contribution is 7.09. The van der Waals surface area contributed by atoms with Crippen molar-refractivity contribution < 1.29 is 9.53 Å². The predicted octanol–water partition coefficient (Wildman–Crippen LogP) is 4.37. The monoisotopic (exact) mass is 352 g/mol. The van der Waals surface area contributed by atoms with Crippen molar-refractivity contribution in [3.05, 3.63) is 76.1 Å². The zero-order valence-corrected chi connectivity index (χ0v) is 15.1. The fraction of sp³-hybridized carbons (Fsp3) is 0.200. The molecule has 128 valence electrons. The summed E-state index contributed by atoms with van der Waals surface area (Å²) in [6.45, 7) is 4.43. The normalized spacial score (nSPS) is 10.5. The van der Waals surface area contributed by atoms with Crippen molar-refractivity contribution in [3.63, 3.8) is 0 Å². The highest BCUT2D eigenvalue weighted by Gasteiger charge is 2.19. The number of aromatic nitrogens is 1. The van der Waals surface area contributed by atoms with E-state index in [1.807, 2.05) is 67.8 Å². The van der Waals surface area contributed by atoms with Crippen LogP contribution in [0.1, 0.15) is 16.0 Å². The van der Waals surface area contributed by atoms with Crippen LogP contribution in [-0.4, -0.2) is 17.5 Å². The van der Waals surface area contributed by atoms with Crippen LogP contribution in [0.15, 0.2) is 60.1 Å². The van der Waals surface area contributed by atoms with Gasteiger partial charge in [-0.05, 0) is 48.6 Å². The first-order valence-corrected chi connectivity index (χ1v) is 8.96. The standard InChI is InChI=1S/C20H20N2O2S/c1-15-7-5-8-16(2)20(15)24-14-19(23)22(13-17-9-6-12-25-17)18-10-3-4-11-21-18/h3-12H,13-14H2,1-2H3. The van der Waals surface area contributed by atoms with E-state index in [2.05, 4.69) is 4.98 Å². The van der Waals surface area contributed by atoms with Gasteiger partial charge in [-0.25, -0.2) is 4.98 Å². The molecule has 3 aromatic rings. The minimum atomic E-state index is -0.116. The molecule has 0 fully saturated rings. The van der Waals surface area contributed by atoms with E-state index in [4.69, 9.17) is 4.74 Å². The molecule has 25 heavy (non-hydrogen) atoms. The number of anilines is 1. The SMILES string of the molecule is Cc1cccc(C)c1OCC(=O)N(Cc1cccs1)c1ccccn1. The molecule has 0 radical (unpaired) electrons. The largest absolute Gasteiger partial charge is 0.483 e. The predicted molar refractivity (Wildman–Crippen MR) is 101 cm³/mol. The topological polar surface area (TPSA) is 42.4 Å². The van der Waals surface area contributed by atoms with Gasteiger partial charge in [-0.3, -0.25) is 9.69 Å². The van der Waals surface area contributed by atoms with Crippen LogP contribution in [0.5, 0.6) is 5.75 Å². The van der Waals surface area contributed by atoms with Crippen molar-refractivity contribution in [3.8, 4) is 5.75 Å². The summed E-state index contributed by atoms with van der Waals surface area (Å²) in [5, 5.41) is 2.00. The Balaban J connectivity index is 1.77. The van der Waals surface area contributed by atoms with Crippen LogP contribution in [0, 0.1) is 13.8 Å². The molecule has 1 amide bonds. The summed E-state index contributed by atoms with van der Waals surface area (Å²) in [6, 6.07) is 15.5. The lowest BCUT2D eigenvalue weighted by Crippen LogP contribution is -2.35. The van der Waals surface area contributed by atoms with E-state index >= 15 is 0 Å². The smallest absolute Gasteiger partial charge is 0.266 e. The summed E-state index contributed by atoms with van der Waals surface area (Å²) in [4.78, 5) is 19.9. The number of hydrogen-bond acceptors (Lipinski definition) is 4. The summed E-state index contributed by atoms with van der Waals surface area (Å²) in [5.41, 5.74) is 2.05. The third kappa shape index (κ3) is 4.25. The number of ether oxygens (including phenoxy) is 1. The second kappa shape index (κ2) is 7.94.